The Bertz CT molecular complexity index is 190. The molecule has 0 aromatic heterocycles. The van der Waals surface area contributed by atoms with Gasteiger partial charge in [-0.05, 0) is 33.7 Å². The smallest absolute Gasteiger partial charge is 0.239 e. The van der Waals surface area contributed by atoms with Crippen molar-refractivity contribution in [2.24, 2.45) is 0 Å². The van der Waals surface area contributed by atoms with Crippen LogP contribution >= 0.6 is 0 Å². The number of rotatable bonds is 7. The zero-order valence-corrected chi connectivity index (χ0v) is 10.8. The van der Waals surface area contributed by atoms with Gasteiger partial charge in [-0.2, -0.15) is 0 Å². The molecule has 0 saturated carbocycles. The van der Waals surface area contributed by atoms with Gasteiger partial charge < -0.3 is 10.6 Å². The maximum Gasteiger partial charge on any atom is 0.239 e. The minimum atomic E-state index is -0.463. The summed E-state index contributed by atoms with van der Waals surface area (Å²) in [4.78, 5) is 11.9. The van der Waals surface area contributed by atoms with E-state index in [4.69, 9.17) is 0 Å². The molecule has 0 aromatic rings. The molecule has 0 rings (SSSR count). The second-order valence-corrected chi connectivity index (χ2v) is 4.67. The van der Waals surface area contributed by atoms with Crippen molar-refractivity contribution in [3.63, 3.8) is 0 Å². The van der Waals surface area contributed by atoms with E-state index >= 15 is 0 Å². The van der Waals surface area contributed by atoms with E-state index in [0.29, 0.717) is 0 Å². The molecule has 1 atom stereocenters. The molecule has 0 aromatic carbocycles. The highest BCUT2D eigenvalue weighted by atomic mass is 16.2. The summed E-state index contributed by atoms with van der Waals surface area (Å²) >= 11 is 0. The molecule has 0 heterocycles. The lowest BCUT2D eigenvalue weighted by molar-refractivity contribution is -0.127. The lowest BCUT2D eigenvalue weighted by atomic mass is 10.0. The van der Waals surface area contributed by atoms with Gasteiger partial charge in [0.1, 0.15) is 0 Å². The third kappa shape index (κ3) is 5.78. The van der Waals surface area contributed by atoms with Gasteiger partial charge in [0.25, 0.3) is 0 Å². The summed E-state index contributed by atoms with van der Waals surface area (Å²) < 4.78 is 0. The molecule has 1 unspecified atom stereocenters. The molecule has 1 amide bonds. The van der Waals surface area contributed by atoms with Crippen molar-refractivity contribution < 1.29 is 4.79 Å². The van der Waals surface area contributed by atoms with Crippen molar-refractivity contribution in [3.05, 3.63) is 0 Å². The predicted octanol–water partition coefficient (Wildman–Crippen LogP) is 2.07. The number of likely N-dealkylation sites (N-methyl/N-ethyl adjacent to an activating group) is 1. The van der Waals surface area contributed by atoms with E-state index in [0.717, 1.165) is 13.0 Å². The predicted molar refractivity (Wildman–Crippen MR) is 64.9 cm³/mol. The number of hydrogen-bond acceptors (Lipinski definition) is 2. The summed E-state index contributed by atoms with van der Waals surface area (Å²) in [6.45, 7) is 10.9. The fourth-order valence-electron chi connectivity index (χ4n) is 1.51. The molecule has 0 aliphatic carbocycles. The Kier molecular flexibility index (Phi) is 6.57. The van der Waals surface area contributed by atoms with Crippen LogP contribution in [0.4, 0.5) is 0 Å². The monoisotopic (exact) mass is 214 g/mol. The van der Waals surface area contributed by atoms with E-state index in [9.17, 15) is 4.79 Å². The van der Waals surface area contributed by atoms with Gasteiger partial charge in [-0.15, -0.1) is 0 Å². The van der Waals surface area contributed by atoms with E-state index in [2.05, 4.69) is 24.5 Å². The van der Waals surface area contributed by atoms with Gasteiger partial charge in [0.15, 0.2) is 0 Å². The first-order valence-corrected chi connectivity index (χ1v) is 6.00. The Morgan fingerprint density at radius 2 is 1.93 bits per heavy atom. The summed E-state index contributed by atoms with van der Waals surface area (Å²) in [6, 6.07) is 0.274. The summed E-state index contributed by atoms with van der Waals surface area (Å²) in [5, 5.41) is 6.21. The number of amides is 1. The molecule has 3 heteroatoms. The first-order valence-electron chi connectivity index (χ1n) is 6.00. The third-order valence-electron chi connectivity index (χ3n) is 2.55. The fraction of sp³-hybridized carbons (Fsp3) is 0.917. The Balaban J connectivity index is 4.00. The maximum absolute atomic E-state index is 11.9. The highest BCUT2D eigenvalue weighted by Crippen LogP contribution is 2.05. The molecule has 90 valence electrons. The van der Waals surface area contributed by atoms with Gasteiger partial charge in [-0.1, -0.05) is 26.7 Å². The van der Waals surface area contributed by atoms with Crippen LogP contribution in [0.5, 0.6) is 0 Å². The van der Waals surface area contributed by atoms with Crippen molar-refractivity contribution in [1.29, 1.82) is 0 Å². The normalized spacial score (nSPS) is 13.7. The number of hydrogen-bond donors (Lipinski definition) is 2. The first kappa shape index (κ1) is 14.4. The van der Waals surface area contributed by atoms with Crippen LogP contribution in [-0.4, -0.2) is 24.0 Å². The standard InChI is InChI=1S/C12H26N2O/c1-6-8-9-10(3)14-11(15)12(4,5)13-7-2/h10,13H,6-9H2,1-5H3,(H,14,15). The zero-order chi connectivity index (χ0) is 11.9. The summed E-state index contributed by atoms with van der Waals surface area (Å²) in [5.74, 6) is 0.0907. The van der Waals surface area contributed by atoms with Gasteiger partial charge in [0.2, 0.25) is 5.91 Å². The van der Waals surface area contributed by atoms with Gasteiger partial charge in [-0.3, -0.25) is 4.79 Å². The fourth-order valence-corrected chi connectivity index (χ4v) is 1.51. The van der Waals surface area contributed by atoms with Gasteiger partial charge in [-0.25, -0.2) is 0 Å². The van der Waals surface area contributed by atoms with Crippen LogP contribution < -0.4 is 10.6 Å². The van der Waals surface area contributed by atoms with Crippen LogP contribution in [0.3, 0.4) is 0 Å². The summed E-state index contributed by atoms with van der Waals surface area (Å²) in [6.07, 6.45) is 3.41. The summed E-state index contributed by atoms with van der Waals surface area (Å²) in [5.41, 5.74) is -0.463. The minimum Gasteiger partial charge on any atom is -0.352 e. The molecule has 2 N–H and O–H groups in total. The third-order valence-corrected chi connectivity index (χ3v) is 2.55. The van der Waals surface area contributed by atoms with E-state index < -0.39 is 5.54 Å². The number of carbonyl (C=O) groups is 1. The van der Waals surface area contributed by atoms with Crippen LogP contribution in [0.2, 0.25) is 0 Å². The second-order valence-electron chi connectivity index (χ2n) is 4.67. The summed E-state index contributed by atoms with van der Waals surface area (Å²) in [7, 11) is 0. The van der Waals surface area contributed by atoms with Crippen LogP contribution in [-0.2, 0) is 4.79 Å². The number of carbonyl (C=O) groups excluding carboxylic acids is 1. The molecule has 0 saturated heterocycles. The quantitative estimate of drug-likeness (QED) is 0.681. The van der Waals surface area contributed by atoms with Crippen molar-refractivity contribution in [1.82, 2.24) is 10.6 Å². The van der Waals surface area contributed by atoms with Crippen LogP contribution in [0.1, 0.15) is 53.9 Å². The van der Waals surface area contributed by atoms with Gasteiger partial charge >= 0.3 is 0 Å². The molecule has 0 aliphatic heterocycles. The van der Waals surface area contributed by atoms with Crippen molar-refractivity contribution >= 4 is 5.91 Å². The van der Waals surface area contributed by atoms with Gasteiger partial charge in [0.05, 0.1) is 5.54 Å². The molecule has 0 bridgehead atoms. The van der Waals surface area contributed by atoms with Crippen LogP contribution in [0.25, 0.3) is 0 Å². The van der Waals surface area contributed by atoms with Gasteiger partial charge in [0, 0.05) is 6.04 Å². The van der Waals surface area contributed by atoms with E-state index in [1.165, 1.54) is 12.8 Å². The van der Waals surface area contributed by atoms with Crippen LogP contribution in [0, 0.1) is 0 Å². The molecule has 15 heavy (non-hydrogen) atoms. The number of nitrogens with one attached hydrogen (secondary N) is 2. The van der Waals surface area contributed by atoms with Crippen LogP contribution in [0.15, 0.2) is 0 Å². The lowest BCUT2D eigenvalue weighted by Gasteiger charge is -2.26. The molecule has 0 aliphatic rings. The molecular formula is C12H26N2O. The SMILES string of the molecule is CCCCC(C)NC(=O)C(C)(C)NCC. The average Bonchev–Trinajstić information content (AvgIpc) is 2.14. The lowest BCUT2D eigenvalue weighted by Crippen LogP contribution is -2.54. The van der Waals surface area contributed by atoms with Crippen molar-refractivity contribution in [3.8, 4) is 0 Å². The van der Waals surface area contributed by atoms with E-state index in [1.54, 1.807) is 0 Å². The molecular weight excluding hydrogens is 188 g/mol. The number of unbranched alkanes of at least 4 members (excludes halogenated alkanes) is 1. The van der Waals surface area contributed by atoms with E-state index in [1.807, 2.05) is 20.8 Å². The first-order chi connectivity index (χ1) is 6.94. The molecule has 3 nitrogen and oxygen atoms in total. The minimum absolute atomic E-state index is 0.0907. The Morgan fingerprint density at radius 3 is 2.40 bits per heavy atom. The second kappa shape index (κ2) is 6.83. The molecule has 0 spiro atoms. The van der Waals surface area contributed by atoms with Crippen molar-refractivity contribution in [2.75, 3.05) is 6.54 Å². The maximum atomic E-state index is 11.9. The van der Waals surface area contributed by atoms with E-state index in [-0.39, 0.29) is 11.9 Å². The molecule has 0 radical (unpaired) electrons. The topological polar surface area (TPSA) is 41.1 Å². The molecule has 0 fully saturated rings. The zero-order valence-electron chi connectivity index (χ0n) is 10.8. The highest BCUT2D eigenvalue weighted by molar-refractivity contribution is 5.85. The average molecular weight is 214 g/mol. The Labute approximate surface area is 94.0 Å². The highest BCUT2D eigenvalue weighted by Gasteiger charge is 2.26. The largest absolute Gasteiger partial charge is 0.352 e. The Morgan fingerprint density at radius 1 is 1.33 bits per heavy atom. The van der Waals surface area contributed by atoms with Crippen molar-refractivity contribution in [2.45, 2.75) is 65.5 Å². The Hall–Kier alpha value is -0.570.